The molecule has 3 aromatic rings. The van der Waals surface area contributed by atoms with E-state index in [1.54, 1.807) is 31.2 Å². The lowest BCUT2D eigenvalue weighted by molar-refractivity contribution is -0.118. The van der Waals surface area contributed by atoms with Gasteiger partial charge in [-0.05, 0) is 54.5 Å². The second kappa shape index (κ2) is 10.3. The number of carbonyl (C=O) groups excluding carboxylic acids is 1. The molecule has 0 radical (unpaired) electrons. The largest absolute Gasteiger partial charge is 0.488 e. The van der Waals surface area contributed by atoms with E-state index in [-0.39, 0.29) is 24.1 Å². The van der Waals surface area contributed by atoms with Crippen LogP contribution in [0.1, 0.15) is 53.6 Å². The molecule has 1 aliphatic rings. The topological polar surface area (TPSA) is 75.6 Å². The van der Waals surface area contributed by atoms with Crippen molar-refractivity contribution in [3.05, 3.63) is 82.9 Å². The van der Waals surface area contributed by atoms with E-state index in [2.05, 4.69) is 5.32 Å². The van der Waals surface area contributed by atoms with Crippen LogP contribution in [0.2, 0.25) is 0 Å². The molecule has 0 unspecified atom stereocenters. The minimum Gasteiger partial charge on any atom is -0.488 e. The number of hydrogen-bond acceptors (Lipinski definition) is 3. The van der Waals surface area contributed by atoms with Crippen molar-refractivity contribution < 1.29 is 19.4 Å². The molecule has 0 aromatic heterocycles. The Kier molecular flexibility index (Phi) is 7.08. The first-order chi connectivity index (χ1) is 16.0. The molecule has 0 aliphatic heterocycles. The average molecular weight is 444 g/mol. The summed E-state index contributed by atoms with van der Waals surface area (Å²) in [5.41, 5.74) is 2.19. The fraction of sp³-hybridized carbons (Fsp3) is 0.286. The number of carboxylic acids is 1. The molecule has 0 atom stereocenters. The Labute approximate surface area is 194 Å². The summed E-state index contributed by atoms with van der Waals surface area (Å²) in [6.07, 6.45) is 7.26. The Bertz CT molecular complexity index is 1190. The van der Waals surface area contributed by atoms with E-state index in [1.807, 2.05) is 42.5 Å². The maximum Gasteiger partial charge on any atom is 0.335 e. The number of rotatable bonds is 7. The molecule has 5 nitrogen and oxygen atoms in total. The van der Waals surface area contributed by atoms with Crippen molar-refractivity contribution in [2.24, 2.45) is 0 Å². The molecule has 1 aliphatic carbocycles. The van der Waals surface area contributed by atoms with Crippen LogP contribution in [0.4, 0.5) is 0 Å². The summed E-state index contributed by atoms with van der Waals surface area (Å²) in [7, 11) is 0. The molecule has 3 aromatic carbocycles. The molecule has 0 bridgehead atoms. The minimum absolute atomic E-state index is 0.117. The molecular weight excluding hydrogens is 414 g/mol. The van der Waals surface area contributed by atoms with Crippen LogP contribution in [-0.4, -0.2) is 29.6 Å². The number of aromatic carboxylic acids is 1. The van der Waals surface area contributed by atoms with Crippen LogP contribution in [0.15, 0.2) is 66.2 Å². The molecule has 0 spiro atoms. The molecule has 0 heterocycles. The molecule has 33 heavy (non-hydrogen) atoms. The SMILES string of the molecule is Cc1cc(C=C(COc2cccc3ccccc23)C(=O)NC2CCCCC2)ccc1C(=O)O. The summed E-state index contributed by atoms with van der Waals surface area (Å²) in [4.78, 5) is 24.6. The fourth-order valence-corrected chi connectivity index (χ4v) is 4.39. The van der Waals surface area contributed by atoms with Gasteiger partial charge in [-0.25, -0.2) is 4.79 Å². The van der Waals surface area contributed by atoms with E-state index < -0.39 is 5.97 Å². The molecule has 1 fully saturated rings. The number of fused-ring (bicyclic) bond motifs is 1. The first-order valence-electron chi connectivity index (χ1n) is 11.5. The van der Waals surface area contributed by atoms with Gasteiger partial charge in [0.25, 0.3) is 5.91 Å². The van der Waals surface area contributed by atoms with E-state index >= 15 is 0 Å². The second-order valence-corrected chi connectivity index (χ2v) is 8.62. The van der Waals surface area contributed by atoms with E-state index in [0.717, 1.165) is 47.8 Å². The summed E-state index contributed by atoms with van der Waals surface area (Å²) >= 11 is 0. The van der Waals surface area contributed by atoms with Crippen molar-refractivity contribution in [1.82, 2.24) is 5.32 Å². The van der Waals surface area contributed by atoms with Crippen molar-refractivity contribution in [2.45, 2.75) is 45.1 Å². The summed E-state index contributed by atoms with van der Waals surface area (Å²) < 4.78 is 6.13. The quantitative estimate of drug-likeness (QED) is 0.456. The van der Waals surface area contributed by atoms with Gasteiger partial charge in [-0.2, -0.15) is 0 Å². The number of ether oxygens (including phenoxy) is 1. The van der Waals surface area contributed by atoms with Crippen LogP contribution in [0.3, 0.4) is 0 Å². The number of aryl methyl sites for hydroxylation is 1. The van der Waals surface area contributed by atoms with Gasteiger partial charge in [-0.1, -0.05) is 67.8 Å². The Morgan fingerprint density at radius 2 is 1.79 bits per heavy atom. The van der Waals surface area contributed by atoms with E-state index in [9.17, 15) is 14.7 Å². The van der Waals surface area contributed by atoms with Gasteiger partial charge in [-0.15, -0.1) is 0 Å². The van der Waals surface area contributed by atoms with Crippen LogP contribution in [-0.2, 0) is 4.79 Å². The van der Waals surface area contributed by atoms with Gasteiger partial charge in [-0.3, -0.25) is 4.79 Å². The molecule has 2 N–H and O–H groups in total. The van der Waals surface area contributed by atoms with E-state index in [0.29, 0.717) is 11.1 Å². The highest BCUT2D eigenvalue weighted by Gasteiger charge is 2.19. The van der Waals surface area contributed by atoms with Gasteiger partial charge in [0.2, 0.25) is 0 Å². The maximum absolute atomic E-state index is 13.2. The van der Waals surface area contributed by atoms with Crippen LogP contribution in [0.25, 0.3) is 16.8 Å². The first-order valence-corrected chi connectivity index (χ1v) is 11.5. The minimum atomic E-state index is -0.961. The molecular formula is C28H29NO4. The van der Waals surface area contributed by atoms with E-state index in [1.165, 1.54) is 6.42 Å². The normalized spacial score (nSPS) is 14.8. The summed E-state index contributed by atoms with van der Waals surface area (Å²) in [6.45, 7) is 1.88. The highest BCUT2D eigenvalue weighted by molar-refractivity contribution is 5.99. The van der Waals surface area contributed by atoms with Crippen LogP contribution < -0.4 is 10.1 Å². The van der Waals surface area contributed by atoms with Gasteiger partial charge in [0.15, 0.2) is 0 Å². The number of carboxylic acid groups (broad SMARTS) is 1. The maximum atomic E-state index is 13.2. The number of carbonyl (C=O) groups is 2. The average Bonchev–Trinajstić information content (AvgIpc) is 2.82. The molecule has 0 saturated heterocycles. The lowest BCUT2D eigenvalue weighted by Crippen LogP contribution is -2.38. The molecule has 4 rings (SSSR count). The van der Waals surface area contributed by atoms with Crippen molar-refractivity contribution in [3.8, 4) is 5.75 Å². The van der Waals surface area contributed by atoms with Gasteiger partial charge in [0.1, 0.15) is 12.4 Å². The van der Waals surface area contributed by atoms with E-state index in [4.69, 9.17) is 4.74 Å². The Hall–Kier alpha value is -3.60. The van der Waals surface area contributed by atoms with Crippen LogP contribution in [0.5, 0.6) is 5.75 Å². The van der Waals surface area contributed by atoms with Gasteiger partial charge >= 0.3 is 5.97 Å². The van der Waals surface area contributed by atoms with Gasteiger partial charge in [0, 0.05) is 11.4 Å². The number of hydrogen-bond donors (Lipinski definition) is 2. The first kappa shape index (κ1) is 22.6. The van der Waals surface area contributed by atoms with Crippen molar-refractivity contribution in [2.75, 3.05) is 6.61 Å². The Morgan fingerprint density at radius 3 is 2.55 bits per heavy atom. The second-order valence-electron chi connectivity index (χ2n) is 8.62. The number of amides is 1. The van der Waals surface area contributed by atoms with Crippen LogP contribution >= 0.6 is 0 Å². The third-order valence-corrected chi connectivity index (χ3v) is 6.19. The summed E-state index contributed by atoms with van der Waals surface area (Å²) in [5.74, 6) is -0.374. The van der Waals surface area contributed by atoms with Gasteiger partial charge < -0.3 is 15.2 Å². The Balaban J connectivity index is 1.60. The molecule has 1 amide bonds. The van der Waals surface area contributed by atoms with Crippen molar-refractivity contribution in [1.29, 1.82) is 0 Å². The lowest BCUT2D eigenvalue weighted by Gasteiger charge is -2.23. The third-order valence-electron chi connectivity index (χ3n) is 6.19. The third kappa shape index (κ3) is 5.61. The number of nitrogens with one attached hydrogen (secondary N) is 1. The predicted molar refractivity (Wildman–Crippen MR) is 131 cm³/mol. The molecule has 1 saturated carbocycles. The zero-order chi connectivity index (χ0) is 23.2. The predicted octanol–water partition coefficient (Wildman–Crippen LogP) is 5.76. The smallest absolute Gasteiger partial charge is 0.335 e. The van der Waals surface area contributed by atoms with Crippen LogP contribution in [0, 0.1) is 6.92 Å². The summed E-state index contributed by atoms with van der Waals surface area (Å²) in [6, 6.07) is 19.1. The summed E-state index contributed by atoms with van der Waals surface area (Å²) in [5, 5.41) is 14.6. The fourth-order valence-electron chi connectivity index (χ4n) is 4.39. The molecule has 5 heteroatoms. The Morgan fingerprint density at radius 1 is 1.03 bits per heavy atom. The van der Waals surface area contributed by atoms with Gasteiger partial charge in [0.05, 0.1) is 11.1 Å². The molecule has 170 valence electrons. The van der Waals surface area contributed by atoms with Crippen molar-refractivity contribution >= 4 is 28.7 Å². The standard InChI is InChI=1S/C28H29NO4/c1-19-16-20(14-15-24(19)28(31)32)17-22(27(30)29-23-10-3-2-4-11-23)18-33-26-13-7-9-21-8-5-6-12-25(21)26/h5-9,12-17,23H,2-4,10-11,18H2,1H3,(H,29,30)(H,31,32). The van der Waals surface area contributed by atoms with Crippen molar-refractivity contribution in [3.63, 3.8) is 0 Å². The monoisotopic (exact) mass is 443 g/mol. The number of benzene rings is 3. The lowest BCUT2D eigenvalue weighted by atomic mass is 9.95. The highest BCUT2D eigenvalue weighted by atomic mass is 16.5. The highest BCUT2D eigenvalue weighted by Crippen LogP contribution is 2.26. The zero-order valence-electron chi connectivity index (χ0n) is 18.8. The zero-order valence-corrected chi connectivity index (χ0v) is 18.8.